The van der Waals surface area contributed by atoms with Crippen molar-refractivity contribution in [3.8, 4) is 6.07 Å². The molecule has 0 aliphatic carbocycles. The minimum Gasteiger partial charge on any atom is -0.354 e. The van der Waals surface area contributed by atoms with Crippen LogP contribution in [0.2, 0.25) is 0 Å². The molecule has 4 nitrogen and oxygen atoms in total. The molecule has 90 valence electrons. The SMILES string of the molecule is CCN(C)C1CCN(c2ncccc2C#N)C1. The lowest BCUT2D eigenvalue weighted by molar-refractivity contribution is 0.272. The highest BCUT2D eigenvalue weighted by molar-refractivity contribution is 5.54. The van der Waals surface area contributed by atoms with E-state index in [2.05, 4.69) is 34.8 Å². The molecule has 2 heterocycles. The fourth-order valence-corrected chi connectivity index (χ4v) is 2.29. The van der Waals surface area contributed by atoms with Gasteiger partial charge < -0.3 is 9.80 Å². The zero-order valence-corrected chi connectivity index (χ0v) is 10.4. The molecule has 0 spiro atoms. The van der Waals surface area contributed by atoms with Crippen LogP contribution in [-0.4, -0.2) is 42.6 Å². The molecule has 1 unspecified atom stereocenters. The van der Waals surface area contributed by atoms with E-state index in [0.717, 1.165) is 31.9 Å². The summed E-state index contributed by atoms with van der Waals surface area (Å²) >= 11 is 0. The highest BCUT2D eigenvalue weighted by Crippen LogP contribution is 2.23. The van der Waals surface area contributed by atoms with E-state index in [4.69, 9.17) is 5.26 Å². The normalized spacial score (nSPS) is 19.6. The molecule has 1 fully saturated rings. The van der Waals surface area contributed by atoms with Gasteiger partial charge in [-0.3, -0.25) is 0 Å². The average Bonchev–Trinajstić information content (AvgIpc) is 2.87. The molecule has 0 saturated carbocycles. The van der Waals surface area contributed by atoms with Crippen molar-refractivity contribution < 1.29 is 0 Å². The molecular weight excluding hydrogens is 212 g/mol. The summed E-state index contributed by atoms with van der Waals surface area (Å²) in [6, 6.07) is 6.44. The van der Waals surface area contributed by atoms with Crippen LogP contribution in [0.4, 0.5) is 5.82 Å². The largest absolute Gasteiger partial charge is 0.354 e. The Hall–Kier alpha value is -1.60. The third-order valence-corrected chi connectivity index (χ3v) is 3.49. The Morgan fingerprint density at radius 1 is 1.65 bits per heavy atom. The summed E-state index contributed by atoms with van der Waals surface area (Å²) in [5, 5.41) is 9.07. The summed E-state index contributed by atoms with van der Waals surface area (Å²) in [5.74, 6) is 0.835. The van der Waals surface area contributed by atoms with Crippen molar-refractivity contribution >= 4 is 5.82 Å². The molecule has 1 atom stereocenters. The average molecular weight is 230 g/mol. The fraction of sp³-hybridized carbons (Fsp3) is 0.538. The van der Waals surface area contributed by atoms with Crippen LogP contribution in [0, 0.1) is 11.3 Å². The van der Waals surface area contributed by atoms with Crippen LogP contribution in [0.5, 0.6) is 0 Å². The van der Waals surface area contributed by atoms with Crippen LogP contribution in [0.1, 0.15) is 18.9 Å². The number of hydrogen-bond acceptors (Lipinski definition) is 4. The van der Waals surface area contributed by atoms with Crippen LogP contribution in [0.25, 0.3) is 0 Å². The molecule has 0 bridgehead atoms. The van der Waals surface area contributed by atoms with Crippen LogP contribution < -0.4 is 4.90 Å². The lowest BCUT2D eigenvalue weighted by atomic mass is 10.2. The standard InChI is InChI=1S/C13H18N4/c1-3-16(2)12-6-8-17(10-12)13-11(9-14)5-4-7-15-13/h4-5,7,12H,3,6,8,10H2,1-2H3. The van der Waals surface area contributed by atoms with Crippen molar-refractivity contribution in [1.29, 1.82) is 5.26 Å². The zero-order chi connectivity index (χ0) is 12.3. The van der Waals surface area contributed by atoms with Crippen LogP contribution in [0.15, 0.2) is 18.3 Å². The Labute approximate surface area is 102 Å². The van der Waals surface area contributed by atoms with E-state index in [0.29, 0.717) is 11.6 Å². The van der Waals surface area contributed by atoms with Gasteiger partial charge in [0.25, 0.3) is 0 Å². The Morgan fingerprint density at radius 2 is 2.47 bits per heavy atom. The second kappa shape index (κ2) is 5.15. The van der Waals surface area contributed by atoms with Gasteiger partial charge in [0.05, 0.1) is 5.56 Å². The molecular formula is C13H18N4. The van der Waals surface area contributed by atoms with Gasteiger partial charge in [0.15, 0.2) is 0 Å². The van der Waals surface area contributed by atoms with Gasteiger partial charge in [-0.25, -0.2) is 4.98 Å². The molecule has 1 saturated heterocycles. The Kier molecular flexibility index (Phi) is 3.60. The summed E-state index contributed by atoms with van der Waals surface area (Å²) in [6.45, 7) is 5.19. The minimum atomic E-state index is 0.577. The number of nitrogens with zero attached hydrogens (tertiary/aromatic N) is 4. The molecule has 2 rings (SSSR count). The molecule has 0 aromatic carbocycles. The summed E-state index contributed by atoms with van der Waals surface area (Å²) < 4.78 is 0. The number of likely N-dealkylation sites (N-methyl/N-ethyl adjacent to an activating group) is 1. The first kappa shape index (κ1) is 11.9. The lowest BCUT2D eigenvalue weighted by Crippen LogP contribution is -2.34. The first-order valence-electron chi connectivity index (χ1n) is 6.06. The van der Waals surface area contributed by atoms with Crippen LogP contribution in [-0.2, 0) is 0 Å². The van der Waals surface area contributed by atoms with Gasteiger partial charge in [0.1, 0.15) is 11.9 Å². The Balaban J connectivity index is 2.13. The van der Waals surface area contributed by atoms with E-state index in [9.17, 15) is 0 Å². The van der Waals surface area contributed by atoms with E-state index < -0.39 is 0 Å². The number of hydrogen-bond donors (Lipinski definition) is 0. The second-order valence-electron chi connectivity index (χ2n) is 4.45. The summed E-state index contributed by atoms with van der Waals surface area (Å²) in [5.41, 5.74) is 0.673. The number of nitriles is 1. The maximum Gasteiger partial charge on any atom is 0.146 e. The fourth-order valence-electron chi connectivity index (χ4n) is 2.29. The number of aromatic nitrogens is 1. The smallest absolute Gasteiger partial charge is 0.146 e. The zero-order valence-electron chi connectivity index (χ0n) is 10.4. The summed E-state index contributed by atoms with van der Waals surface area (Å²) in [7, 11) is 2.15. The van der Waals surface area contributed by atoms with Crippen LogP contribution >= 0.6 is 0 Å². The molecule has 1 aromatic heterocycles. The van der Waals surface area contributed by atoms with Gasteiger partial charge in [0.2, 0.25) is 0 Å². The summed E-state index contributed by atoms with van der Waals surface area (Å²) in [6.07, 6.45) is 2.90. The van der Waals surface area contributed by atoms with Gasteiger partial charge in [0, 0.05) is 25.3 Å². The van der Waals surface area contributed by atoms with Crippen molar-refractivity contribution in [2.75, 3.05) is 31.6 Å². The highest BCUT2D eigenvalue weighted by atomic mass is 15.3. The quantitative estimate of drug-likeness (QED) is 0.789. The van der Waals surface area contributed by atoms with Crippen molar-refractivity contribution in [2.45, 2.75) is 19.4 Å². The molecule has 4 heteroatoms. The third kappa shape index (κ3) is 2.40. The van der Waals surface area contributed by atoms with Gasteiger partial charge in [-0.1, -0.05) is 6.92 Å². The number of rotatable bonds is 3. The van der Waals surface area contributed by atoms with Crippen molar-refractivity contribution in [1.82, 2.24) is 9.88 Å². The van der Waals surface area contributed by atoms with Crippen molar-refractivity contribution in [3.63, 3.8) is 0 Å². The molecule has 0 amide bonds. The lowest BCUT2D eigenvalue weighted by Gasteiger charge is -2.23. The predicted octanol–water partition coefficient (Wildman–Crippen LogP) is 1.48. The van der Waals surface area contributed by atoms with E-state index in [1.54, 1.807) is 6.20 Å². The molecule has 0 radical (unpaired) electrons. The number of pyridine rings is 1. The highest BCUT2D eigenvalue weighted by Gasteiger charge is 2.26. The van der Waals surface area contributed by atoms with Gasteiger partial charge in [-0.05, 0) is 32.1 Å². The third-order valence-electron chi connectivity index (χ3n) is 3.49. The topological polar surface area (TPSA) is 43.2 Å². The van der Waals surface area contributed by atoms with E-state index in [1.165, 1.54) is 0 Å². The molecule has 1 aromatic rings. The Morgan fingerprint density at radius 3 is 3.18 bits per heavy atom. The Bertz CT molecular complexity index is 424. The predicted molar refractivity (Wildman–Crippen MR) is 67.9 cm³/mol. The first-order chi connectivity index (χ1) is 8.26. The van der Waals surface area contributed by atoms with E-state index >= 15 is 0 Å². The van der Waals surface area contributed by atoms with Crippen LogP contribution in [0.3, 0.4) is 0 Å². The first-order valence-corrected chi connectivity index (χ1v) is 6.06. The second-order valence-corrected chi connectivity index (χ2v) is 4.45. The van der Waals surface area contributed by atoms with E-state index in [1.807, 2.05) is 12.1 Å². The monoisotopic (exact) mass is 230 g/mol. The maximum atomic E-state index is 9.07. The summed E-state index contributed by atoms with van der Waals surface area (Å²) in [4.78, 5) is 8.91. The van der Waals surface area contributed by atoms with Gasteiger partial charge in [-0.15, -0.1) is 0 Å². The van der Waals surface area contributed by atoms with E-state index in [-0.39, 0.29) is 0 Å². The van der Waals surface area contributed by atoms with Crippen molar-refractivity contribution in [3.05, 3.63) is 23.9 Å². The molecule has 0 N–H and O–H groups in total. The molecule has 1 aliphatic heterocycles. The molecule has 1 aliphatic rings. The van der Waals surface area contributed by atoms with Crippen molar-refractivity contribution in [2.24, 2.45) is 0 Å². The minimum absolute atomic E-state index is 0.577. The van der Waals surface area contributed by atoms with Gasteiger partial charge >= 0.3 is 0 Å². The maximum absolute atomic E-state index is 9.07. The molecule has 17 heavy (non-hydrogen) atoms. The van der Waals surface area contributed by atoms with Gasteiger partial charge in [-0.2, -0.15) is 5.26 Å². The number of anilines is 1.